The van der Waals surface area contributed by atoms with Gasteiger partial charge in [0, 0.05) is 12.6 Å². The minimum Gasteiger partial charge on any atom is -0.395 e. The number of nitrogens with zero attached hydrogens (tertiary/aromatic N) is 3. The molecule has 1 fully saturated rings. The maximum absolute atomic E-state index is 9.23. The summed E-state index contributed by atoms with van der Waals surface area (Å²) in [5.41, 5.74) is 6.46. The Morgan fingerprint density at radius 3 is 2.83 bits per heavy atom. The Bertz CT molecular complexity index is 420. The highest BCUT2D eigenvalue weighted by molar-refractivity contribution is 7.80. The quantitative estimate of drug-likeness (QED) is 0.770. The van der Waals surface area contributed by atoms with E-state index in [1.54, 1.807) is 12.3 Å². The predicted molar refractivity (Wildman–Crippen MR) is 74.6 cm³/mol. The van der Waals surface area contributed by atoms with Gasteiger partial charge in [0.25, 0.3) is 0 Å². The lowest BCUT2D eigenvalue weighted by Gasteiger charge is -2.30. The van der Waals surface area contributed by atoms with E-state index in [9.17, 15) is 5.11 Å². The standard InChI is InChI=1S/C12H18N4OS/c13-11(18)10-5-6-14-15-12(10)16(7-8-17)9-3-1-2-4-9/h5-6,9,17H,1-4,7-8H2,(H2,13,18). The maximum Gasteiger partial charge on any atom is 0.161 e. The van der Waals surface area contributed by atoms with Crippen LogP contribution in [0.2, 0.25) is 0 Å². The van der Waals surface area contributed by atoms with Gasteiger partial charge in [-0.05, 0) is 18.9 Å². The molecule has 0 aromatic carbocycles. The molecule has 0 bridgehead atoms. The third-order valence-electron chi connectivity index (χ3n) is 3.35. The molecule has 1 heterocycles. The molecule has 0 unspecified atom stereocenters. The molecule has 3 N–H and O–H groups in total. The Labute approximate surface area is 112 Å². The number of nitrogens with two attached hydrogens (primary N) is 1. The SMILES string of the molecule is NC(=S)c1ccnnc1N(CCO)C1CCCC1. The summed E-state index contributed by atoms with van der Waals surface area (Å²) in [6.45, 7) is 0.628. The van der Waals surface area contributed by atoms with Crippen LogP contribution in [0.15, 0.2) is 12.3 Å². The highest BCUT2D eigenvalue weighted by Gasteiger charge is 2.25. The summed E-state index contributed by atoms with van der Waals surface area (Å²) in [6, 6.07) is 2.19. The van der Waals surface area contributed by atoms with Gasteiger partial charge >= 0.3 is 0 Å². The number of thiocarbonyl (C=S) groups is 1. The van der Waals surface area contributed by atoms with E-state index in [2.05, 4.69) is 15.1 Å². The van der Waals surface area contributed by atoms with Crippen molar-refractivity contribution in [3.63, 3.8) is 0 Å². The molecule has 1 aromatic rings. The van der Waals surface area contributed by atoms with E-state index in [-0.39, 0.29) is 6.61 Å². The van der Waals surface area contributed by atoms with Gasteiger partial charge in [-0.15, -0.1) is 5.10 Å². The molecule has 98 valence electrons. The molecule has 18 heavy (non-hydrogen) atoms. The third-order valence-corrected chi connectivity index (χ3v) is 3.57. The van der Waals surface area contributed by atoms with E-state index in [1.807, 2.05) is 0 Å². The van der Waals surface area contributed by atoms with Crippen molar-refractivity contribution < 1.29 is 5.11 Å². The lowest BCUT2D eigenvalue weighted by atomic mass is 10.1. The first-order chi connectivity index (χ1) is 8.74. The van der Waals surface area contributed by atoms with Crippen molar-refractivity contribution in [2.75, 3.05) is 18.1 Å². The van der Waals surface area contributed by atoms with Gasteiger partial charge in [-0.25, -0.2) is 0 Å². The molecule has 0 amide bonds. The van der Waals surface area contributed by atoms with Crippen molar-refractivity contribution in [3.8, 4) is 0 Å². The average molecular weight is 266 g/mol. The van der Waals surface area contributed by atoms with Crippen LogP contribution in [0.4, 0.5) is 5.82 Å². The fraction of sp³-hybridized carbons (Fsp3) is 0.583. The molecule has 6 heteroatoms. The van der Waals surface area contributed by atoms with Crippen LogP contribution in [0.1, 0.15) is 31.2 Å². The van der Waals surface area contributed by atoms with Gasteiger partial charge < -0.3 is 15.7 Å². The van der Waals surface area contributed by atoms with Crippen LogP contribution in [0.25, 0.3) is 0 Å². The van der Waals surface area contributed by atoms with E-state index >= 15 is 0 Å². The van der Waals surface area contributed by atoms with E-state index in [4.69, 9.17) is 18.0 Å². The van der Waals surface area contributed by atoms with Crippen LogP contribution in [0, 0.1) is 0 Å². The highest BCUT2D eigenvalue weighted by atomic mass is 32.1. The van der Waals surface area contributed by atoms with E-state index < -0.39 is 0 Å². The lowest BCUT2D eigenvalue weighted by Crippen LogP contribution is -2.38. The fourth-order valence-electron chi connectivity index (χ4n) is 2.51. The van der Waals surface area contributed by atoms with Gasteiger partial charge in [-0.2, -0.15) is 5.10 Å². The summed E-state index contributed by atoms with van der Waals surface area (Å²) < 4.78 is 0. The third kappa shape index (κ3) is 2.76. The molecule has 0 spiro atoms. The number of rotatable bonds is 5. The summed E-state index contributed by atoms with van der Waals surface area (Å²) in [6.07, 6.45) is 6.26. The number of aliphatic hydroxyl groups is 1. The summed E-state index contributed by atoms with van der Waals surface area (Å²) in [5, 5.41) is 17.3. The smallest absolute Gasteiger partial charge is 0.161 e. The number of aromatic nitrogens is 2. The summed E-state index contributed by atoms with van der Waals surface area (Å²) >= 11 is 5.05. The predicted octanol–water partition coefficient (Wildman–Crippen LogP) is 0.852. The highest BCUT2D eigenvalue weighted by Crippen LogP contribution is 2.28. The van der Waals surface area contributed by atoms with Crippen molar-refractivity contribution in [3.05, 3.63) is 17.8 Å². The Morgan fingerprint density at radius 2 is 2.22 bits per heavy atom. The Hall–Kier alpha value is -1.27. The first-order valence-corrected chi connectivity index (χ1v) is 6.64. The molecule has 5 nitrogen and oxygen atoms in total. The van der Waals surface area contributed by atoms with Crippen LogP contribution in [0.5, 0.6) is 0 Å². The lowest BCUT2D eigenvalue weighted by molar-refractivity contribution is 0.296. The van der Waals surface area contributed by atoms with Crippen molar-refractivity contribution in [2.45, 2.75) is 31.7 Å². The molecule has 1 aliphatic carbocycles. The summed E-state index contributed by atoms with van der Waals surface area (Å²) in [5.74, 6) is 0.700. The fourth-order valence-corrected chi connectivity index (χ4v) is 2.67. The molecular weight excluding hydrogens is 248 g/mol. The van der Waals surface area contributed by atoms with Gasteiger partial charge in [0.05, 0.1) is 18.4 Å². The van der Waals surface area contributed by atoms with Crippen molar-refractivity contribution in [1.29, 1.82) is 0 Å². The minimum absolute atomic E-state index is 0.0872. The van der Waals surface area contributed by atoms with Crippen molar-refractivity contribution in [2.24, 2.45) is 5.73 Å². The second-order valence-corrected chi connectivity index (χ2v) is 4.93. The molecule has 0 aliphatic heterocycles. The zero-order valence-corrected chi connectivity index (χ0v) is 11.1. The van der Waals surface area contributed by atoms with Crippen molar-refractivity contribution in [1.82, 2.24) is 10.2 Å². The molecule has 1 aliphatic rings. The Kier molecular flexibility index (Phi) is 4.43. The van der Waals surface area contributed by atoms with Gasteiger partial charge in [-0.3, -0.25) is 0 Å². The van der Waals surface area contributed by atoms with Crippen molar-refractivity contribution >= 4 is 23.0 Å². The Morgan fingerprint density at radius 1 is 1.50 bits per heavy atom. The van der Waals surface area contributed by atoms with Crippen LogP contribution in [0.3, 0.4) is 0 Å². The summed E-state index contributed by atoms with van der Waals surface area (Å²) in [7, 11) is 0. The minimum atomic E-state index is 0.0872. The molecule has 0 saturated heterocycles. The van der Waals surface area contributed by atoms with Gasteiger partial charge in [0.2, 0.25) is 0 Å². The number of anilines is 1. The van der Waals surface area contributed by atoms with Crippen LogP contribution in [-0.2, 0) is 0 Å². The van der Waals surface area contributed by atoms with Crippen LogP contribution < -0.4 is 10.6 Å². The monoisotopic (exact) mass is 266 g/mol. The molecule has 0 radical (unpaired) electrons. The van der Waals surface area contributed by atoms with E-state index in [1.165, 1.54) is 12.8 Å². The number of aliphatic hydroxyl groups excluding tert-OH is 1. The molecule has 0 atom stereocenters. The molecule has 2 rings (SSSR count). The first-order valence-electron chi connectivity index (χ1n) is 6.23. The normalized spacial score (nSPS) is 15.8. The number of hydrogen-bond donors (Lipinski definition) is 2. The zero-order valence-electron chi connectivity index (χ0n) is 10.2. The topological polar surface area (TPSA) is 75.3 Å². The zero-order chi connectivity index (χ0) is 13.0. The summed E-state index contributed by atoms with van der Waals surface area (Å²) in [4.78, 5) is 2.41. The second-order valence-electron chi connectivity index (χ2n) is 4.49. The first kappa shape index (κ1) is 13.2. The average Bonchev–Trinajstić information content (AvgIpc) is 2.89. The van der Waals surface area contributed by atoms with Gasteiger partial charge in [-0.1, -0.05) is 25.1 Å². The second kappa shape index (κ2) is 6.06. The van der Waals surface area contributed by atoms with Gasteiger partial charge in [0.15, 0.2) is 5.82 Å². The van der Waals surface area contributed by atoms with E-state index in [0.717, 1.165) is 18.4 Å². The molecule has 1 aromatic heterocycles. The maximum atomic E-state index is 9.23. The molecular formula is C12H18N4OS. The van der Waals surface area contributed by atoms with Crippen LogP contribution >= 0.6 is 12.2 Å². The molecule has 1 saturated carbocycles. The largest absolute Gasteiger partial charge is 0.395 e. The van der Waals surface area contributed by atoms with Crippen LogP contribution in [-0.4, -0.2) is 39.5 Å². The van der Waals surface area contributed by atoms with E-state index in [0.29, 0.717) is 23.4 Å². The number of hydrogen-bond acceptors (Lipinski definition) is 5. The Balaban J connectivity index is 2.32. The van der Waals surface area contributed by atoms with Gasteiger partial charge in [0.1, 0.15) is 4.99 Å².